The number of hydrogen-bond donors (Lipinski definition) is 3. The molecule has 2 heterocycles. The van der Waals surface area contributed by atoms with E-state index in [1.54, 1.807) is 0 Å². The quantitative estimate of drug-likeness (QED) is 0.540. The monoisotopic (exact) mass is 276 g/mol. The molecule has 1 saturated heterocycles. The molecule has 0 radical (unpaired) electrons. The number of hydrogen-bond acceptors (Lipinski definition) is 6. The fraction of sp³-hybridized carbons (Fsp3) is 0.615. The van der Waals surface area contributed by atoms with Gasteiger partial charge in [0.05, 0.1) is 5.41 Å². The predicted molar refractivity (Wildman–Crippen MR) is 75.9 cm³/mol. The van der Waals surface area contributed by atoms with Crippen molar-refractivity contribution in [3.63, 3.8) is 0 Å². The van der Waals surface area contributed by atoms with Crippen LogP contribution in [0, 0.1) is 5.41 Å². The van der Waals surface area contributed by atoms with E-state index < -0.39 is 5.41 Å². The van der Waals surface area contributed by atoms with Gasteiger partial charge in [0.2, 0.25) is 5.91 Å². The summed E-state index contributed by atoms with van der Waals surface area (Å²) in [5.41, 5.74) is 7.59. The highest BCUT2D eigenvalue weighted by molar-refractivity contribution is 5.82. The van der Waals surface area contributed by atoms with E-state index in [2.05, 4.69) is 20.3 Å². The summed E-state index contributed by atoms with van der Waals surface area (Å²) in [6, 6.07) is 1.82. The maximum atomic E-state index is 11.5. The molecule has 3 rings (SSSR count). The highest BCUT2D eigenvalue weighted by atomic mass is 16.1. The fourth-order valence-electron chi connectivity index (χ4n) is 2.57. The molecule has 1 aromatic rings. The van der Waals surface area contributed by atoms with Gasteiger partial charge in [-0.05, 0) is 26.2 Å². The summed E-state index contributed by atoms with van der Waals surface area (Å²) < 4.78 is 0. The molecule has 1 aromatic heterocycles. The molecule has 108 valence electrons. The van der Waals surface area contributed by atoms with Gasteiger partial charge in [-0.1, -0.05) is 0 Å². The van der Waals surface area contributed by atoms with Crippen molar-refractivity contribution in [3.8, 4) is 0 Å². The summed E-state index contributed by atoms with van der Waals surface area (Å²) in [6.45, 7) is 3.26. The van der Waals surface area contributed by atoms with Crippen LogP contribution in [0.4, 0.5) is 11.6 Å². The van der Waals surface area contributed by atoms with Crippen molar-refractivity contribution in [1.29, 1.82) is 0 Å². The molecule has 1 atom stereocenters. The van der Waals surface area contributed by atoms with Crippen LogP contribution >= 0.6 is 0 Å². The lowest BCUT2D eigenvalue weighted by atomic mass is 9.89. The third-order valence-electron chi connectivity index (χ3n) is 4.21. The Morgan fingerprint density at radius 2 is 2.25 bits per heavy atom. The molecule has 1 amide bonds. The molecule has 2 fully saturated rings. The highest BCUT2D eigenvalue weighted by Crippen LogP contribution is 2.40. The number of carbonyl (C=O) groups is 1. The average molecular weight is 276 g/mol. The third kappa shape index (κ3) is 2.29. The normalized spacial score (nSPS) is 25.8. The zero-order chi connectivity index (χ0) is 14.3. The van der Waals surface area contributed by atoms with Crippen LogP contribution in [-0.2, 0) is 4.79 Å². The lowest BCUT2D eigenvalue weighted by molar-refractivity contribution is -0.125. The van der Waals surface area contributed by atoms with Gasteiger partial charge >= 0.3 is 0 Å². The minimum Gasteiger partial charge on any atom is -0.369 e. The number of primary amides is 1. The molecule has 1 saturated carbocycles. The molecule has 5 N–H and O–H groups in total. The first-order valence-electron chi connectivity index (χ1n) is 6.92. The number of anilines is 2. The Bertz CT molecular complexity index is 544. The number of aromatic nitrogens is 2. The topological polar surface area (TPSA) is 110 Å². The standard InChI is InChI=1S/C13H20N6O/c1-13(12(14)20)4-5-19(7-13)10-6-9(18-15)16-11(17-10)8-2-3-8/h6,8H,2-5,7,15H2,1H3,(H2,14,20)(H,16,17,18). The van der Waals surface area contributed by atoms with Crippen LogP contribution in [0.1, 0.15) is 37.9 Å². The second-order valence-corrected chi connectivity index (χ2v) is 5.98. The molecule has 7 nitrogen and oxygen atoms in total. The number of carbonyl (C=O) groups excluding carboxylic acids is 1. The molecule has 0 aromatic carbocycles. The molecule has 20 heavy (non-hydrogen) atoms. The van der Waals surface area contributed by atoms with Gasteiger partial charge in [-0.25, -0.2) is 15.8 Å². The second-order valence-electron chi connectivity index (χ2n) is 5.98. The van der Waals surface area contributed by atoms with E-state index in [-0.39, 0.29) is 5.91 Å². The van der Waals surface area contributed by atoms with Crippen molar-refractivity contribution in [2.45, 2.75) is 32.1 Å². The Hall–Kier alpha value is -1.89. The second kappa shape index (κ2) is 4.59. The Morgan fingerprint density at radius 3 is 2.80 bits per heavy atom. The Balaban J connectivity index is 1.87. The van der Waals surface area contributed by atoms with Crippen molar-refractivity contribution < 1.29 is 4.79 Å². The van der Waals surface area contributed by atoms with Crippen molar-refractivity contribution in [1.82, 2.24) is 9.97 Å². The number of nitrogen functional groups attached to an aromatic ring is 1. The SMILES string of the molecule is CC1(C(N)=O)CCN(c2cc(NN)nc(C3CC3)n2)C1. The number of nitrogens with zero attached hydrogens (tertiary/aromatic N) is 3. The van der Waals surface area contributed by atoms with Crippen molar-refractivity contribution in [2.75, 3.05) is 23.4 Å². The minimum atomic E-state index is -0.485. The van der Waals surface area contributed by atoms with Gasteiger partial charge < -0.3 is 16.1 Å². The maximum absolute atomic E-state index is 11.5. The van der Waals surface area contributed by atoms with Crippen molar-refractivity contribution >= 4 is 17.5 Å². The van der Waals surface area contributed by atoms with Gasteiger partial charge in [-0.15, -0.1) is 0 Å². The third-order valence-corrected chi connectivity index (χ3v) is 4.21. The van der Waals surface area contributed by atoms with E-state index in [4.69, 9.17) is 11.6 Å². The molecule has 1 aliphatic heterocycles. The van der Waals surface area contributed by atoms with E-state index in [9.17, 15) is 4.79 Å². The lowest BCUT2D eigenvalue weighted by Gasteiger charge is -2.22. The van der Waals surface area contributed by atoms with Crippen molar-refractivity contribution in [2.24, 2.45) is 17.0 Å². The van der Waals surface area contributed by atoms with E-state index in [0.717, 1.165) is 37.4 Å². The summed E-state index contributed by atoms with van der Waals surface area (Å²) in [5, 5.41) is 0. The maximum Gasteiger partial charge on any atom is 0.225 e. The zero-order valence-electron chi connectivity index (χ0n) is 11.6. The van der Waals surface area contributed by atoms with Gasteiger partial charge in [0.15, 0.2) is 0 Å². The summed E-state index contributed by atoms with van der Waals surface area (Å²) in [5.74, 6) is 7.94. The highest BCUT2D eigenvalue weighted by Gasteiger charge is 2.39. The largest absolute Gasteiger partial charge is 0.369 e. The van der Waals surface area contributed by atoms with Crippen molar-refractivity contribution in [3.05, 3.63) is 11.9 Å². The molecular formula is C13H20N6O. The number of nitrogens with one attached hydrogen (secondary N) is 1. The number of nitrogens with two attached hydrogens (primary N) is 2. The van der Waals surface area contributed by atoms with Crippen LogP contribution < -0.4 is 21.9 Å². The lowest BCUT2D eigenvalue weighted by Crippen LogP contribution is -2.37. The Labute approximate surface area is 117 Å². The van der Waals surface area contributed by atoms with Gasteiger partial charge in [0.1, 0.15) is 17.5 Å². The zero-order valence-corrected chi connectivity index (χ0v) is 11.6. The molecule has 7 heteroatoms. The van der Waals surface area contributed by atoms with Gasteiger partial charge in [-0.2, -0.15) is 0 Å². The predicted octanol–water partition coefficient (Wildman–Crippen LogP) is 0.341. The summed E-state index contributed by atoms with van der Waals surface area (Å²) >= 11 is 0. The van der Waals surface area contributed by atoms with Gasteiger partial charge in [0, 0.05) is 25.1 Å². The van der Waals surface area contributed by atoms with Crippen LogP contribution in [0.5, 0.6) is 0 Å². The number of amides is 1. The first-order chi connectivity index (χ1) is 9.51. The molecule has 2 aliphatic rings. The van der Waals surface area contributed by atoms with Crippen LogP contribution in [-0.4, -0.2) is 29.0 Å². The first kappa shape index (κ1) is 13.1. The molecule has 1 aliphatic carbocycles. The smallest absolute Gasteiger partial charge is 0.225 e. The summed E-state index contributed by atoms with van der Waals surface area (Å²) in [7, 11) is 0. The molecule has 1 unspecified atom stereocenters. The average Bonchev–Trinajstić information content (AvgIpc) is 3.21. The van der Waals surface area contributed by atoms with Crippen LogP contribution in [0.2, 0.25) is 0 Å². The number of hydrazine groups is 1. The summed E-state index contributed by atoms with van der Waals surface area (Å²) in [6.07, 6.45) is 3.01. The fourth-order valence-corrected chi connectivity index (χ4v) is 2.57. The van der Waals surface area contributed by atoms with Gasteiger partial charge in [0.25, 0.3) is 0 Å². The van der Waals surface area contributed by atoms with Crippen LogP contribution in [0.25, 0.3) is 0 Å². The molecule has 0 bridgehead atoms. The summed E-state index contributed by atoms with van der Waals surface area (Å²) in [4.78, 5) is 22.6. The molecule has 0 spiro atoms. The number of rotatable bonds is 4. The Kier molecular flexibility index (Phi) is 3.01. The Morgan fingerprint density at radius 1 is 1.50 bits per heavy atom. The van der Waals surface area contributed by atoms with E-state index in [0.29, 0.717) is 18.3 Å². The van der Waals surface area contributed by atoms with Crippen LogP contribution in [0.15, 0.2) is 6.07 Å². The van der Waals surface area contributed by atoms with E-state index in [1.807, 2.05) is 13.0 Å². The van der Waals surface area contributed by atoms with Crippen LogP contribution in [0.3, 0.4) is 0 Å². The minimum absolute atomic E-state index is 0.256. The van der Waals surface area contributed by atoms with E-state index >= 15 is 0 Å². The van der Waals surface area contributed by atoms with E-state index in [1.165, 1.54) is 0 Å². The van der Waals surface area contributed by atoms with Gasteiger partial charge in [-0.3, -0.25) is 4.79 Å². The molecular weight excluding hydrogens is 256 g/mol. The first-order valence-corrected chi connectivity index (χ1v) is 6.92.